The van der Waals surface area contributed by atoms with Gasteiger partial charge in [-0.15, -0.1) is 0 Å². The summed E-state index contributed by atoms with van der Waals surface area (Å²) in [7, 11) is 0. The highest BCUT2D eigenvalue weighted by Crippen LogP contribution is 2.26. The highest BCUT2D eigenvalue weighted by Gasteiger charge is 2.22. The number of hydrogen-bond acceptors (Lipinski definition) is 4. The minimum atomic E-state index is -0.142. The fraction of sp³-hybridized carbons (Fsp3) is 0.364. The third-order valence-electron chi connectivity index (χ3n) is 2.09. The molecular formula is C11H12ClN3O. The molecule has 0 N–H and O–H groups in total. The van der Waals surface area contributed by atoms with Crippen molar-refractivity contribution in [3.8, 4) is 11.5 Å². The van der Waals surface area contributed by atoms with Crippen LogP contribution in [0.5, 0.6) is 0 Å². The van der Waals surface area contributed by atoms with Crippen molar-refractivity contribution in [2.45, 2.75) is 26.2 Å². The van der Waals surface area contributed by atoms with Crippen LogP contribution in [0.3, 0.4) is 0 Å². The van der Waals surface area contributed by atoms with Gasteiger partial charge in [-0.3, -0.25) is 0 Å². The third-order valence-corrected chi connectivity index (χ3v) is 2.39. The normalized spacial score (nSPS) is 11.8. The van der Waals surface area contributed by atoms with Gasteiger partial charge >= 0.3 is 0 Å². The minimum Gasteiger partial charge on any atom is -0.334 e. The summed E-state index contributed by atoms with van der Waals surface area (Å²) >= 11 is 5.94. The van der Waals surface area contributed by atoms with Crippen LogP contribution in [0.25, 0.3) is 11.5 Å². The molecule has 0 unspecified atom stereocenters. The summed E-state index contributed by atoms with van der Waals surface area (Å²) in [5, 5.41) is 4.30. The number of hydrogen-bond donors (Lipinski definition) is 0. The van der Waals surface area contributed by atoms with E-state index in [4.69, 9.17) is 16.1 Å². The largest absolute Gasteiger partial charge is 0.334 e. The van der Waals surface area contributed by atoms with Gasteiger partial charge in [-0.05, 0) is 12.1 Å². The standard InChI is InChI=1S/C11H12ClN3O/c1-11(2,3)10-14-9(16-15-10)7-5-4-6-13-8(7)12/h4-6H,1-3H3. The van der Waals surface area contributed by atoms with Crippen LogP contribution in [0.15, 0.2) is 22.9 Å². The van der Waals surface area contributed by atoms with Crippen LogP contribution in [0.1, 0.15) is 26.6 Å². The molecule has 2 rings (SSSR count). The Morgan fingerprint density at radius 2 is 2.06 bits per heavy atom. The van der Waals surface area contributed by atoms with Gasteiger partial charge in [-0.2, -0.15) is 4.98 Å². The molecule has 0 spiro atoms. The summed E-state index contributed by atoms with van der Waals surface area (Å²) in [4.78, 5) is 8.27. The second-order valence-electron chi connectivity index (χ2n) is 4.51. The molecule has 0 saturated heterocycles. The first kappa shape index (κ1) is 11.1. The zero-order valence-corrected chi connectivity index (χ0v) is 10.1. The van der Waals surface area contributed by atoms with Crippen molar-refractivity contribution in [2.24, 2.45) is 0 Å². The predicted octanol–water partition coefficient (Wildman–Crippen LogP) is 3.08. The van der Waals surface area contributed by atoms with Crippen molar-refractivity contribution in [3.63, 3.8) is 0 Å². The first-order valence-corrected chi connectivity index (χ1v) is 5.31. The summed E-state index contributed by atoms with van der Waals surface area (Å²) in [5.74, 6) is 1.06. The molecule has 2 aromatic rings. The van der Waals surface area contributed by atoms with Gasteiger partial charge < -0.3 is 4.52 Å². The van der Waals surface area contributed by atoms with Gasteiger partial charge in [-0.1, -0.05) is 37.5 Å². The van der Waals surface area contributed by atoms with Crippen LogP contribution < -0.4 is 0 Å². The van der Waals surface area contributed by atoms with Crippen LogP contribution >= 0.6 is 11.6 Å². The Morgan fingerprint density at radius 1 is 1.31 bits per heavy atom. The van der Waals surface area contributed by atoms with Gasteiger partial charge in [-0.25, -0.2) is 4.98 Å². The van der Waals surface area contributed by atoms with Gasteiger partial charge in [0.15, 0.2) is 5.82 Å². The monoisotopic (exact) mass is 237 g/mol. The quantitative estimate of drug-likeness (QED) is 0.716. The lowest BCUT2D eigenvalue weighted by molar-refractivity contribution is 0.402. The van der Waals surface area contributed by atoms with Crippen molar-refractivity contribution in [1.29, 1.82) is 0 Å². The Labute approximate surface area is 98.7 Å². The number of pyridine rings is 1. The second-order valence-corrected chi connectivity index (χ2v) is 4.87. The van der Waals surface area contributed by atoms with E-state index in [0.29, 0.717) is 22.4 Å². The molecule has 16 heavy (non-hydrogen) atoms. The Kier molecular flexibility index (Phi) is 2.68. The molecule has 4 nitrogen and oxygen atoms in total. The fourth-order valence-corrected chi connectivity index (χ4v) is 1.38. The fourth-order valence-electron chi connectivity index (χ4n) is 1.18. The van der Waals surface area contributed by atoms with E-state index in [2.05, 4.69) is 15.1 Å². The molecule has 0 saturated carbocycles. The molecule has 2 heterocycles. The van der Waals surface area contributed by atoms with Gasteiger partial charge in [0.25, 0.3) is 5.89 Å². The number of nitrogens with zero attached hydrogens (tertiary/aromatic N) is 3. The van der Waals surface area contributed by atoms with E-state index >= 15 is 0 Å². The molecule has 0 amide bonds. The van der Waals surface area contributed by atoms with E-state index in [0.717, 1.165) is 0 Å². The highest BCUT2D eigenvalue weighted by molar-refractivity contribution is 6.31. The van der Waals surface area contributed by atoms with Crippen LogP contribution in [-0.2, 0) is 5.41 Å². The molecular weight excluding hydrogens is 226 g/mol. The predicted molar refractivity (Wildman–Crippen MR) is 61.2 cm³/mol. The molecule has 0 aliphatic rings. The van der Waals surface area contributed by atoms with Gasteiger partial charge in [0.05, 0.1) is 5.56 Å². The summed E-state index contributed by atoms with van der Waals surface area (Å²) in [6.45, 7) is 6.06. The van der Waals surface area contributed by atoms with E-state index < -0.39 is 0 Å². The maximum atomic E-state index is 5.94. The topological polar surface area (TPSA) is 51.8 Å². The molecule has 0 aliphatic carbocycles. The summed E-state index contributed by atoms with van der Waals surface area (Å²) in [6.07, 6.45) is 1.62. The molecule has 0 radical (unpaired) electrons. The van der Waals surface area contributed by atoms with Crippen LogP contribution in [0, 0.1) is 0 Å². The number of halogens is 1. The number of rotatable bonds is 1. The van der Waals surface area contributed by atoms with Gasteiger partial charge in [0.2, 0.25) is 0 Å². The maximum absolute atomic E-state index is 5.94. The lowest BCUT2D eigenvalue weighted by Gasteiger charge is -2.10. The summed E-state index contributed by atoms with van der Waals surface area (Å²) in [6, 6.07) is 3.58. The molecule has 2 aromatic heterocycles. The van der Waals surface area contributed by atoms with E-state index in [1.165, 1.54) is 0 Å². The van der Waals surface area contributed by atoms with Crippen molar-refractivity contribution in [3.05, 3.63) is 29.3 Å². The first-order chi connectivity index (χ1) is 7.48. The molecule has 0 atom stereocenters. The van der Waals surface area contributed by atoms with Crippen LogP contribution in [-0.4, -0.2) is 15.1 Å². The molecule has 0 bridgehead atoms. The summed E-state index contributed by atoms with van der Waals surface area (Å²) < 4.78 is 5.17. The lowest BCUT2D eigenvalue weighted by Crippen LogP contribution is -2.13. The first-order valence-electron chi connectivity index (χ1n) is 4.93. The Balaban J connectivity index is 2.44. The van der Waals surface area contributed by atoms with E-state index in [-0.39, 0.29) is 5.41 Å². The molecule has 84 valence electrons. The van der Waals surface area contributed by atoms with Gasteiger partial charge in [0.1, 0.15) is 5.15 Å². The van der Waals surface area contributed by atoms with Crippen LogP contribution in [0.2, 0.25) is 5.15 Å². The van der Waals surface area contributed by atoms with E-state index in [1.54, 1.807) is 18.3 Å². The van der Waals surface area contributed by atoms with Crippen LogP contribution in [0.4, 0.5) is 0 Å². The van der Waals surface area contributed by atoms with Crippen molar-refractivity contribution in [1.82, 2.24) is 15.1 Å². The molecule has 0 fully saturated rings. The SMILES string of the molecule is CC(C)(C)c1noc(-c2cccnc2Cl)n1. The Bertz CT molecular complexity index is 502. The smallest absolute Gasteiger partial charge is 0.261 e. The van der Waals surface area contributed by atoms with Gasteiger partial charge in [0, 0.05) is 11.6 Å². The second kappa shape index (κ2) is 3.87. The Hall–Kier alpha value is -1.42. The highest BCUT2D eigenvalue weighted by atomic mass is 35.5. The molecule has 0 aliphatic heterocycles. The van der Waals surface area contributed by atoms with E-state index in [9.17, 15) is 0 Å². The average Bonchev–Trinajstić information content (AvgIpc) is 2.66. The maximum Gasteiger partial charge on any atom is 0.261 e. The van der Waals surface area contributed by atoms with Crippen molar-refractivity contribution < 1.29 is 4.52 Å². The number of aromatic nitrogens is 3. The zero-order chi connectivity index (χ0) is 11.8. The minimum absolute atomic E-state index is 0.142. The molecule has 0 aromatic carbocycles. The Morgan fingerprint density at radius 3 is 2.62 bits per heavy atom. The molecule has 5 heteroatoms. The zero-order valence-electron chi connectivity index (χ0n) is 9.36. The van der Waals surface area contributed by atoms with Crippen molar-refractivity contribution in [2.75, 3.05) is 0 Å². The average molecular weight is 238 g/mol. The van der Waals surface area contributed by atoms with E-state index in [1.807, 2.05) is 20.8 Å². The third kappa shape index (κ3) is 2.07. The lowest BCUT2D eigenvalue weighted by atomic mass is 9.96. The summed E-state index contributed by atoms with van der Waals surface area (Å²) in [5.41, 5.74) is 0.517. The van der Waals surface area contributed by atoms with Crippen molar-refractivity contribution >= 4 is 11.6 Å².